The molecule has 0 spiro atoms. The van der Waals surface area contributed by atoms with Gasteiger partial charge in [0.2, 0.25) is 21.7 Å². The van der Waals surface area contributed by atoms with E-state index in [2.05, 4.69) is 15.5 Å². The van der Waals surface area contributed by atoms with E-state index in [0.29, 0.717) is 17.3 Å². The first kappa shape index (κ1) is 22.3. The van der Waals surface area contributed by atoms with Gasteiger partial charge in [-0.2, -0.15) is 4.98 Å². The van der Waals surface area contributed by atoms with E-state index in [9.17, 15) is 13.2 Å². The molecule has 2 aromatic carbocycles. The molecule has 1 N–H and O–H groups in total. The summed E-state index contributed by atoms with van der Waals surface area (Å²) in [6.45, 7) is 3.64. The van der Waals surface area contributed by atoms with Crippen LogP contribution in [0.2, 0.25) is 0 Å². The van der Waals surface area contributed by atoms with E-state index in [-0.39, 0.29) is 18.3 Å². The summed E-state index contributed by atoms with van der Waals surface area (Å²) in [5, 5.41) is 6.66. The molecule has 164 valence electrons. The highest BCUT2D eigenvalue weighted by Crippen LogP contribution is 2.21. The Morgan fingerprint density at radius 1 is 1.19 bits per heavy atom. The molecular weight excluding hydrogens is 420 g/mol. The van der Waals surface area contributed by atoms with Gasteiger partial charge in [0, 0.05) is 12.6 Å². The van der Waals surface area contributed by atoms with Crippen LogP contribution in [0.15, 0.2) is 53.1 Å². The summed E-state index contributed by atoms with van der Waals surface area (Å²) in [6, 6.07) is 14.1. The van der Waals surface area contributed by atoms with Gasteiger partial charge in [0.1, 0.15) is 5.75 Å². The summed E-state index contributed by atoms with van der Waals surface area (Å²) in [6.07, 6.45) is 0.342. The van der Waals surface area contributed by atoms with E-state index in [0.717, 1.165) is 21.7 Å². The zero-order valence-electron chi connectivity index (χ0n) is 17.7. The first-order valence-electron chi connectivity index (χ1n) is 9.52. The molecule has 0 unspecified atom stereocenters. The standard InChI is InChI=1S/C21H24N4O5S/c1-14-7-5-6-8-18(14)20-23-19(30-24-20)13-22-21(26)15(2)29-17-11-9-16(10-12-17)25(3)31(4,27)28/h5-12,15H,13H2,1-4H3,(H,22,26)/t15-/m0/s1. The molecule has 1 amide bonds. The number of aryl methyl sites for hydroxylation is 1. The molecular formula is C21H24N4O5S. The van der Waals surface area contributed by atoms with E-state index in [1.54, 1.807) is 31.2 Å². The monoisotopic (exact) mass is 444 g/mol. The second-order valence-electron chi connectivity index (χ2n) is 7.03. The van der Waals surface area contributed by atoms with E-state index in [1.807, 2.05) is 31.2 Å². The Bertz CT molecular complexity index is 1160. The lowest BCUT2D eigenvalue weighted by Crippen LogP contribution is -2.36. The molecule has 31 heavy (non-hydrogen) atoms. The number of nitrogens with one attached hydrogen (secondary N) is 1. The highest BCUT2D eigenvalue weighted by atomic mass is 32.2. The first-order chi connectivity index (χ1) is 14.6. The summed E-state index contributed by atoms with van der Waals surface area (Å²) >= 11 is 0. The number of carbonyl (C=O) groups excluding carboxylic acids is 1. The Morgan fingerprint density at radius 2 is 1.87 bits per heavy atom. The Morgan fingerprint density at radius 3 is 2.52 bits per heavy atom. The summed E-state index contributed by atoms with van der Waals surface area (Å²) < 4.78 is 35.2. The molecule has 10 heteroatoms. The van der Waals surface area contributed by atoms with Crippen molar-refractivity contribution in [2.45, 2.75) is 26.5 Å². The lowest BCUT2D eigenvalue weighted by Gasteiger charge is -2.18. The Hall–Kier alpha value is -3.40. The van der Waals surface area contributed by atoms with E-state index < -0.39 is 16.1 Å². The highest BCUT2D eigenvalue weighted by Gasteiger charge is 2.17. The van der Waals surface area contributed by atoms with Crippen molar-refractivity contribution in [2.24, 2.45) is 0 Å². The van der Waals surface area contributed by atoms with Gasteiger partial charge in [0.05, 0.1) is 18.5 Å². The van der Waals surface area contributed by atoms with Gasteiger partial charge >= 0.3 is 0 Å². The highest BCUT2D eigenvalue weighted by molar-refractivity contribution is 7.92. The van der Waals surface area contributed by atoms with Crippen molar-refractivity contribution in [3.05, 3.63) is 60.0 Å². The second-order valence-corrected chi connectivity index (χ2v) is 9.04. The number of sulfonamides is 1. The predicted octanol–water partition coefficient (Wildman–Crippen LogP) is 2.52. The van der Waals surface area contributed by atoms with Crippen LogP contribution in [0.25, 0.3) is 11.4 Å². The van der Waals surface area contributed by atoms with Gasteiger partial charge in [-0.25, -0.2) is 8.42 Å². The fourth-order valence-electron chi connectivity index (χ4n) is 2.75. The second kappa shape index (κ2) is 9.17. The molecule has 0 saturated heterocycles. The van der Waals surface area contributed by atoms with Gasteiger partial charge in [-0.3, -0.25) is 9.10 Å². The van der Waals surface area contributed by atoms with Crippen molar-refractivity contribution in [1.29, 1.82) is 0 Å². The third-order valence-corrected chi connectivity index (χ3v) is 5.85. The maximum atomic E-state index is 12.3. The average molecular weight is 445 g/mol. The SMILES string of the molecule is Cc1ccccc1-c1noc(CNC(=O)[C@H](C)Oc2ccc(N(C)S(C)(=O)=O)cc2)n1. The van der Waals surface area contributed by atoms with Gasteiger partial charge in [-0.1, -0.05) is 29.4 Å². The van der Waals surface area contributed by atoms with Crippen LogP contribution in [0.5, 0.6) is 5.75 Å². The number of rotatable bonds is 8. The Labute approximate surface area is 181 Å². The lowest BCUT2D eigenvalue weighted by molar-refractivity contribution is -0.127. The van der Waals surface area contributed by atoms with E-state index in [4.69, 9.17) is 9.26 Å². The first-order valence-corrected chi connectivity index (χ1v) is 11.4. The topological polar surface area (TPSA) is 115 Å². The summed E-state index contributed by atoms with van der Waals surface area (Å²) in [7, 11) is -1.89. The van der Waals surface area contributed by atoms with Gasteiger partial charge in [0.25, 0.3) is 5.91 Å². The molecule has 0 aliphatic carbocycles. The third-order valence-electron chi connectivity index (χ3n) is 4.65. The van der Waals surface area contributed by atoms with Crippen LogP contribution in [0, 0.1) is 6.92 Å². The van der Waals surface area contributed by atoms with Crippen molar-refractivity contribution in [1.82, 2.24) is 15.5 Å². The van der Waals surface area contributed by atoms with E-state index in [1.165, 1.54) is 7.05 Å². The zero-order valence-corrected chi connectivity index (χ0v) is 18.5. The van der Waals surface area contributed by atoms with Crippen LogP contribution in [0.3, 0.4) is 0 Å². The normalized spacial score (nSPS) is 12.3. The summed E-state index contributed by atoms with van der Waals surface area (Å²) in [5.74, 6) is 0.832. The van der Waals surface area contributed by atoms with Gasteiger partial charge < -0.3 is 14.6 Å². The number of anilines is 1. The molecule has 0 aliphatic rings. The molecule has 0 saturated carbocycles. The number of hydrogen-bond acceptors (Lipinski definition) is 7. The van der Waals surface area contributed by atoms with Gasteiger partial charge in [-0.15, -0.1) is 0 Å². The molecule has 0 fully saturated rings. The average Bonchev–Trinajstić information content (AvgIpc) is 3.20. The van der Waals surface area contributed by atoms with Gasteiger partial charge in [0.15, 0.2) is 6.10 Å². The predicted molar refractivity (Wildman–Crippen MR) is 116 cm³/mol. The molecule has 0 radical (unpaired) electrons. The van der Waals surface area contributed by atoms with Crippen molar-refractivity contribution in [2.75, 3.05) is 17.6 Å². The Balaban J connectivity index is 1.55. The lowest BCUT2D eigenvalue weighted by atomic mass is 10.1. The minimum atomic E-state index is -3.35. The number of aromatic nitrogens is 2. The van der Waals surface area contributed by atoms with Crippen LogP contribution < -0.4 is 14.4 Å². The number of amides is 1. The molecule has 9 nitrogen and oxygen atoms in total. The van der Waals surface area contributed by atoms with Gasteiger partial charge in [-0.05, 0) is 43.7 Å². The Kier molecular flexibility index (Phi) is 6.59. The fraction of sp³-hybridized carbons (Fsp3) is 0.286. The summed E-state index contributed by atoms with van der Waals surface area (Å²) in [5.41, 5.74) is 2.38. The van der Waals surface area contributed by atoms with Crippen LogP contribution in [-0.4, -0.2) is 43.9 Å². The van der Waals surface area contributed by atoms with Crippen molar-refractivity contribution in [3.63, 3.8) is 0 Å². The smallest absolute Gasteiger partial charge is 0.261 e. The minimum Gasteiger partial charge on any atom is -0.481 e. The molecule has 0 bridgehead atoms. The van der Waals surface area contributed by atoms with Crippen LogP contribution >= 0.6 is 0 Å². The molecule has 1 aromatic heterocycles. The quantitative estimate of drug-likeness (QED) is 0.568. The zero-order chi connectivity index (χ0) is 22.6. The van der Waals surface area contributed by atoms with E-state index >= 15 is 0 Å². The van der Waals surface area contributed by atoms with Crippen LogP contribution in [-0.2, 0) is 21.4 Å². The third kappa shape index (κ3) is 5.60. The number of ether oxygens (including phenoxy) is 1. The van der Waals surface area contributed by atoms with Crippen LogP contribution in [0.1, 0.15) is 18.4 Å². The number of carbonyl (C=O) groups is 1. The molecule has 1 atom stereocenters. The maximum absolute atomic E-state index is 12.3. The number of hydrogen-bond donors (Lipinski definition) is 1. The molecule has 3 rings (SSSR count). The van der Waals surface area contributed by atoms with Crippen molar-refractivity contribution in [3.8, 4) is 17.1 Å². The maximum Gasteiger partial charge on any atom is 0.261 e. The molecule has 3 aromatic rings. The van der Waals surface area contributed by atoms with Crippen LogP contribution in [0.4, 0.5) is 5.69 Å². The van der Waals surface area contributed by atoms with Crippen molar-refractivity contribution >= 4 is 21.6 Å². The summed E-state index contributed by atoms with van der Waals surface area (Å²) in [4.78, 5) is 16.7. The van der Waals surface area contributed by atoms with Crippen molar-refractivity contribution < 1.29 is 22.5 Å². The fourth-order valence-corrected chi connectivity index (χ4v) is 3.25. The largest absolute Gasteiger partial charge is 0.481 e. The minimum absolute atomic E-state index is 0.0729. The molecule has 1 heterocycles. The molecule has 0 aliphatic heterocycles. The number of nitrogens with zero attached hydrogens (tertiary/aromatic N) is 3. The number of benzene rings is 2.